The molecule has 0 saturated carbocycles. The predicted octanol–water partition coefficient (Wildman–Crippen LogP) is 0.917. The summed E-state index contributed by atoms with van der Waals surface area (Å²) in [5.41, 5.74) is 0.546. The van der Waals surface area contributed by atoms with Gasteiger partial charge in [0.1, 0.15) is 6.04 Å². The van der Waals surface area contributed by atoms with Gasteiger partial charge >= 0.3 is 6.18 Å². The maximum absolute atomic E-state index is 12.1. The number of nitrogens with zero attached hydrogens (tertiary/aromatic N) is 1. The van der Waals surface area contributed by atoms with Gasteiger partial charge in [-0.25, -0.2) is 4.98 Å². The summed E-state index contributed by atoms with van der Waals surface area (Å²) in [6.45, 7) is -1.32. The van der Waals surface area contributed by atoms with E-state index in [1.165, 1.54) is 12.3 Å². The third-order valence-electron chi connectivity index (χ3n) is 2.96. The van der Waals surface area contributed by atoms with Crippen LogP contribution in [0.5, 0.6) is 5.88 Å². The van der Waals surface area contributed by atoms with E-state index in [1.54, 1.807) is 6.07 Å². The van der Waals surface area contributed by atoms with Gasteiger partial charge in [-0.15, -0.1) is 0 Å². The van der Waals surface area contributed by atoms with Gasteiger partial charge < -0.3 is 15.4 Å². The van der Waals surface area contributed by atoms with Gasteiger partial charge in [-0.05, 0) is 18.1 Å². The Morgan fingerprint density at radius 2 is 2.27 bits per heavy atom. The van der Waals surface area contributed by atoms with Crippen molar-refractivity contribution in [2.75, 3.05) is 6.61 Å². The van der Waals surface area contributed by atoms with Crippen LogP contribution in [-0.2, 0) is 16.1 Å². The highest BCUT2D eigenvalue weighted by atomic mass is 19.4. The van der Waals surface area contributed by atoms with Crippen molar-refractivity contribution in [3.8, 4) is 5.88 Å². The first kappa shape index (κ1) is 16.1. The van der Waals surface area contributed by atoms with E-state index < -0.39 is 18.8 Å². The van der Waals surface area contributed by atoms with E-state index in [9.17, 15) is 22.8 Å². The lowest BCUT2D eigenvalue weighted by molar-refractivity contribution is -0.154. The molecule has 1 aromatic rings. The van der Waals surface area contributed by atoms with E-state index in [0.29, 0.717) is 18.4 Å². The van der Waals surface area contributed by atoms with Crippen LogP contribution in [0, 0.1) is 0 Å². The first-order chi connectivity index (χ1) is 10.3. The van der Waals surface area contributed by atoms with E-state index in [4.69, 9.17) is 0 Å². The van der Waals surface area contributed by atoms with E-state index in [-0.39, 0.29) is 24.2 Å². The number of ether oxygens (including phenoxy) is 1. The highest BCUT2D eigenvalue weighted by Gasteiger charge is 2.29. The molecule has 0 radical (unpaired) electrons. The monoisotopic (exact) mass is 317 g/mol. The second kappa shape index (κ2) is 6.63. The summed E-state index contributed by atoms with van der Waals surface area (Å²) in [6.07, 6.45) is -2.40. The van der Waals surface area contributed by atoms with Crippen LogP contribution in [0.3, 0.4) is 0 Å². The van der Waals surface area contributed by atoms with Crippen molar-refractivity contribution >= 4 is 11.8 Å². The van der Waals surface area contributed by atoms with Crippen molar-refractivity contribution < 1.29 is 27.5 Å². The lowest BCUT2D eigenvalue weighted by atomic mass is 10.2. The van der Waals surface area contributed by atoms with Gasteiger partial charge in [-0.2, -0.15) is 13.2 Å². The maximum atomic E-state index is 12.1. The Bertz CT molecular complexity index is 563. The number of halogens is 3. The minimum Gasteiger partial charge on any atom is -0.468 e. The Morgan fingerprint density at radius 3 is 2.91 bits per heavy atom. The van der Waals surface area contributed by atoms with Crippen molar-refractivity contribution in [1.82, 2.24) is 15.6 Å². The highest BCUT2D eigenvalue weighted by Crippen LogP contribution is 2.17. The molecule has 2 N–H and O–H groups in total. The number of carbonyl (C=O) groups excluding carboxylic acids is 2. The molecule has 2 amide bonds. The summed E-state index contributed by atoms with van der Waals surface area (Å²) in [7, 11) is 0. The number of hydrogen-bond donors (Lipinski definition) is 2. The van der Waals surface area contributed by atoms with Crippen molar-refractivity contribution in [1.29, 1.82) is 0 Å². The third-order valence-corrected chi connectivity index (χ3v) is 2.96. The smallest absolute Gasteiger partial charge is 0.422 e. The predicted molar refractivity (Wildman–Crippen MR) is 68.8 cm³/mol. The number of pyridine rings is 1. The first-order valence-electron chi connectivity index (χ1n) is 6.55. The molecule has 2 rings (SSSR count). The van der Waals surface area contributed by atoms with E-state index in [1.807, 2.05) is 0 Å². The summed E-state index contributed by atoms with van der Waals surface area (Å²) in [5.74, 6) is -0.675. The van der Waals surface area contributed by atoms with Crippen molar-refractivity contribution in [2.45, 2.75) is 31.6 Å². The van der Waals surface area contributed by atoms with Crippen LogP contribution in [0.25, 0.3) is 0 Å². The van der Waals surface area contributed by atoms with Gasteiger partial charge in [-0.1, -0.05) is 0 Å². The Morgan fingerprint density at radius 1 is 1.50 bits per heavy atom. The maximum Gasteiger partial charge on any atom is 0.422 e. The molecule has 1 unspecified atom stereocenters. The molecule has 1 aromatic heterocycles. The summed E-state index contributed by atoms with van der Waals surface area (Å²) >= 11 is 0. The number of aromatic nitrogens is 1. The fourth-order valence-corrected chi connectivity index (χ4v) is 1.92. The normalized spacial score (nSPS) is 18.0. The lowest BCUT2D eigenvalue weighted by Gasteiger charge is -2.12. The number of amides is 2. The molecule has 1 saturated heterocycles. The summed E-state index contributed by atoms with van der Waals surface area (Å²) in [6, 6.07) is 2.31. The molecule has 22 heavy (non-hydrogen) atoms. The Balaban J connectivity index is 1.85. The Hall–Kier alpha value is -2.32. The topological polar surface area (TPSA) is 80.3 Å². The summed E-state index contributed by atoms with van der Waals surface area (Å²) < 4.78 is 40.7. The van der Waals surface area contributed by atoms with Crippen LogP contribution in [0.4, 0.5) is 13.2 Å². The molecular weight excluding hydrogens is 303 g/mol. The van der Waals surface area contributed by atoms with Crippen molar-refractivity contribution in [2.24, 2.45) is 0 Å². The van der Waals surface area contributed by atoms with Crippen LogP contribution in [-0.4, -0.2) is 35.6 Å². The molecule has 9 heteroatoms. The fourth-order valence-electron chi connectivity index (χ4n) is 1.92. The number of rotatable bonds is 5. The van der Waals surface area contributed by atoms with Crippen molar-refractivity contribution in [3.63, 3.8) is 0 Å². The first-order valence-corrected chi connectivity index (χ1v) is 6.55. The quantitative estimate of drug-likeness (QED) is 0.846. The zero-order chi connectivity index (χ0) is 16.2. The molecule has 120 valence electrons. The average molecular weight is 317 g/mol. The molecule has 2 heterocycles. The number of carbonyl (C=O) groups is 2. The average Bonchev–Trinajstić information content (AvgIpc) is 2.89. The number of nitrogens with one attached hydrogen (secondary N) is 2. The molecule has 1 aliphatic heterocycles. The molecular formula is C13H14F3N3O3. The second-order valence-electron chi connectivity index (χ2n) is 4.78. The molecule has 0 aromatic carbocycles. The third kappa shape index (κ3) is 4.90. The largest absolute Gasteiger partial charge is 0.468 e. The zero-order valence-electron chi connectivity index (χ0n) is 11.4. The molecule has 0 bridgehead atoms. The number of alkyl halides is 3. The van der Waals surface area contributed by atoms with Crippen LogP contribution in [0.15, 0.2) is 18.3 Å². The molecule has 6 nitrogen and oxygen atoms in total. The van der Waals surface area contributed by atoms with Gasteiger partial charge in [0.2, 0.25) is 17.7 Å². The van der Waals surface area contributed by atoms with Crippen LogP contribution in [0.1, 0.15) is 18.4 Å². The molecule has 1 aliphatic rings. The van der Waals surface area contributed by atoms with Crippen LogP contribution in [0.2, 0.25) is 0 Å². The van der Waals surface area contributed by atoms with E-state index >= 15 is 0 Å². The van der Waals surface area contributed by atoms with Gasteiger partial charge in [0, 0.05) is 25.2 Å². The van der Waals surface area contributed by atoms with Gasteiger partial charge in [0.05, 0.1) is 0 Å². The lowest BCUT2D eigenvalue weighted by Crippen LogP contribution is -2.41. The Labute approximate surface area is 124 Å². The minimum absolute atomic E-state index is 0.107. The summed E-state index contributed by atoms with van der Waals surface area (Å²) in [4.78, 5) is 26.5. The molecule has 1 fully saturated rings. The van der Waals surface area contributed by atoms with Crippen molar-refractivity contribution in [3.05, 3.63) is 23.9 Å². The molecule has 1 atom stereocenters. The second-order valence-corrected chi connectivity index (χ2v) is 4.78. The van der Waals surface area contributed by atoms with E-state index in [0.717, 1.165) is 0 Å². The minimum atomic E-state index is -4.44. The highest BCUT2D eigenvalue weighted by molar-refractivity contribution is 5.90. The molecule has 0 spiro atoms. The van der Waals surface area contributed by atoms with Crippen LogP contribution < -0.4 is 15.4 Å². The van der Waals surface area contributed by atoms with Gasteiger partial charge in [0.15, 0.2) is 6.61 Å². The van der Waals surface area contributed by atoms with Gasteiger partial charge in [0.25, 0.3) is 0 Å². The standard InChI is InChI=1S/C13H14F3N3O3/c14-13(15,16)7-22-11-5-8(3-4-17-11)6-18-12(21)9-1-2-10(20)19-9/h3-5,9H,1-2,6-7H2,(H,18,21)(H,19,20). The van der Waals surface area contributed by atoms with Crippen LogP contribution >= 0.6 is 0 Å². The fraction of sp³-hybridized carbons (Fsp3) is 0.462. The van der Waals surface area contributed by atoms with E-state index in [2.05, 4.69) is 20.4 Å². The van der Waals surface area contributed by atoms with Gasteiger partial charge in [-0.3, -0.25) is 9.59 Å². The summed E-state index contributed by atoms with van der Waals surface area (Å²) in [5, 5.41) is 5.13. The number of hydrogen-bond acceptors (Lipinski definition) is 4. The Kier molecular flexibility index (Phi) is 4.84. The molecule has 0 aliphatic carbocycles. The zero-order valence-corrected chi connectivity index (χ0v) is 11.4. The SMILES string of the molecule is O=C1CCC(C(=O)NCc2ccnc(OCC(F)(F)F)c2)N1.